The van der Waals surface area contributed by atoms with Crippen molar-refractivity contribution in [3.63, 3.8) is 0 Å². The summed E-state index contributed by atoms with van der Waals surface area (Å²) in [5, 5.41) is 17.0. The van der Waals surface area contributed by atoms with Crippen LogP contribution in [0.1, 0.15) is 10.5 Å². The fourth-order valence-electron chi connectivity index (χ4n) is 0.572. The molecular weight excluding hydrogens is 134 g/mol. The number of nitrogens with zero attached hydrogens (tertiary/aromatic N) is 1. The molecule has 1 heterocycles. The number of H-pyrrole nitrogens is 1. The third kappa shape index (κ3) is 0.928. The third-order valence-corrected chi connectivity index (χ3v) is 1.07. The number of aromatic nitrogens is 2. The quantitative estimate of drug-likeness (QED) is 0.492. The minimum absolute atomic E-state index is 0.0856. The molecule has 54 valence electrons. The van der Waals surface area contributed by atoms with E-state index in [1.807, 2.05) is 0 Å². The first kappa shape index (κ1) is 6.60. The second-order valence-corrected chi connectivity index (χ2v) is 1.71. The summed E-state index contributed by atoms with van der Waals surface area (Å²) >= 11 is 0. The number of amides is 1. The zero-order valence-corrected chi connectivity index (χ0v) is 5.38. The summed E-state index contributed by atoms with van der Waals surface area (Å²) in [6.07, 6.45) is 1.17. The zero-order chi connectivity index (χ0) is 7.56. The molecule has 0 saturated carbocycles. The molecule has 0 fully saturated rings. The SMILES string of the molecule is CNC(=O)c1[nH]ncc1O. The van der Waals surface area contributed by atoms with E-state index in [1.54, 1.807) is 0 Å². The second kappa shape index (κ2) is 2.38. The maximum absolute atomic E-state index is 10.8. The van der Waals surface area contributed by atoms with Gasteiger partial charge in [-0.2, -0.15) is 5.10 Å². The van der Waals surface area contributed by atoms with E-state index < -0.39 is 0 Å². The number of carbonyl (C=O) groups is 1. The van der Waals surface area contributed by atoms with Gasteiger partial charge < -0.3 is 10.4 Å². The van der Waals surface area contributed by atoms with Crippen molar-refractivity contribution >= 4 is 5.91 Å². The van der Waals surface area contributed by atoms with Gasteiger partial charge in [-0.1, -0.05) is 0 Å². The Kier molecular flexibility index (Phi) is 1.57. The van der Waals surface area contributed by atoms with E-state index in [9.17, 15) is 4.79 Å². The standard InChI is InChI=1S/C5H7N3O2/c1-6-5(10)4-3(9)2-7-8-4/h2,9H,1H3,(H,6,10)(H,7,8). The van der Waals surface area contributed by atoms with Gasteiger partial charge in [0.15, 0.2) is 11.4 Å². The van der Waals surface area contributed by atoms with Gasteiger partial charge in [-0.15, -0.1) is 0 Å². The van der Waals surface area contributed by atoms with Crippen molar-refractivity contribution < 1.29 is 9.90 Å². The van der Waals surface area contributed by atoms with Gasteiger partial charge in [0, 0.05) is 7.05 Å². The molecule has 3 N–H and O–H groups in total. The Morgan fingerprint density at radius 1 is 1.90 bits per heavy atom. The summed E-state index contributed by atoms with van der Waals surface area (Å²) in [6.45, 7) is 0. The fraction of sp³-hybridized carbons (Fsp3) is 0.200. The van der Waals surface area contributed by atoms with Crippen LogP contribution >= 0.6 is 0 Å². The molecule has 0 bridgehead atoms. The molecule has 0 atom stereocenters. The Bertz CT molecular complexity index is 243. The van der Waals surface area contributed by atoms with Crippen molar-refractivity contribution in [2.75, 3.05) is 7.05 Å². The summed E-state index contributed by atoms with van der Waals surface area (Å²) < 4.78 is 0. The van der Waals surface area contributed by atoms with Crippen LogP contribution in [0.5, 0.6) is 5.75 Å². The molecule has 5 heteroatoms. The van der Waals surface area contributed by atoms with Crippen LogP contribution in [-0.2, 0) is 0 Å². The highest BCUT2D eigenvalue weighted by Crippen LogP contribution is 2.10. The molecule has 1 aromatic rings. The highest BCUT2D eigenvalue weighted by atomic mass is 16.3. The topological polar surface area (TPSA) is 78.0 Å². The summed E-state index contributed by atoms with van der Waals surface area (Å²) in [5.74, 6) is -0.519. The Morgan fingerprint density at radius 2 is 2.60 bits per heavy atom. The van der Waals surface area contributed by atoms with Gasteiger partial charge in [-0.3, -0.25) is 9.89 Å². The van der Waals surface area contributed by atoms with Crippen LogP contribution in [0.4, 0.5) is 0 Å². The number of nitrogens with one attached hydrogen (secondary N) is 2. The van der Waals surface area contributed by atoms with Crippen LogP contribution in [0, 0.1) is 0 Å². The summed E-state index contributed by atoms with van der Waals surface area (Å²) in [6, 6.07) is 0. The molecule has 0 aromatic carbocycles. The molecule has 0 aliphatic carbocycles. The highest BCUT2D eigenvalue weighted by molar-refractivity contribution is 5.94. The van der Waals surface area contributed by atoms with Gasteiger partial charge in [-0.25, -0.2) is 0 Å². The largest absolute Gasteiger partial charge is 0.504 e. The molecule has 0 spiro atoms. The minimum atomic E-state index is -0.380. The molecule has 1 amide bonds. The van der Waals surface area contributed by atoms with Crippen molar-refractivity contribution in [2.45, 2.75) is 0 Å². The number of carbonyl (C=O) groups excluding carboxylic acids is 1. The molecule has 0 saturated heterocycles. The first-order valence-electron chi connectivity index (χ1n) is 2.70. The molecular formula is C5H7N3O2. The molecule has 0 unspecified atom stereocenters. The van der Waals surface area contributed by atoms with Crippen molar-refractivity contribution in [2.24, 2.45) is 0 Å². The zero-order valence-electron chi connectivity index (χ0n) is 5.38. The Hall–Kier alpha value is -1.52. The fourth-order valence-corrected chi connectivity index (χ4v) is 0.572. The maximum atomic E-state index is 10.8. The van der Waals surface area contributed by atoms with E-state index in [1.165, 1.54) is 13.2 Å². The first-order valence-corrected chi connectivity index (χ1v) is 2.70. The van der Waals surface area contributed by atoms with Crippen LogP contribution in [-0.4, -0.2) is 28.3 Å². The first-order chi connectivity index (χ1) is 4.75. The van der Waals surface area contributed by atoms with Crippen molar-refractivity contribution in [3.05, 3.63) is 11.9 Å². The number of aromatic hydroxyl groups is 1. The van der Waals surface area contributed by atoms with Crippen LogP contribution < -0.4 is 5.32 Å². The van der Waals surface area contributed by atoms with Gasteiger partial charge in [0.05, 0.1) is 6.20 Å². The number of aromatic amines is 1. The molecule has 10 heavy (non-hydrogen) atoms. The molecule has 1 rings (SSSR count). The van der Waals surface area contributed by atoms with Crippen LogP contribution in [0.2, 0.25) is 0 Å². The van der Waals surface area contributed by atoms with E-state index in [0.717, 1.165) is 0 Å². The lowest BCUT2D eigenvalue weighted by atomic mass is 10.4. The van der Waals surface area contributed by atoms with Crippen molar-refractivity contribution in [1.82, 2.24) is 15.5 Å². The summed E-state index contributed by atoms with van der Waals surface area (Å²) in [5.41, 5.74) is 0.0856. The highest BCUT2D eigenvalue weighted by Gasteiger charge is 2.09. The second-order valence-electron chi connectivity index (χ2n) is 1.71. The lowest BCUT2D eigenvalue weighted by Crippen LogP contribution is -2.18. The molecule has 1 aromatic heterocycles. The number of rotatable bonds is 1. The minimum Gasteiger partial charge on any atom is -0.504 e. The Labute approximate surface area is 57.1 Å². The smallest absolute Gasteiger partial charge is 0.272 e. The van der Waals surface area contributed by atoms with Crippen molar-refractivity contribution in [1.29, 1.82) is 0 Å². The average molecular weight is 141 g/mol. The summed E-state index contributed by atoms with van der Waals surface area (Å²) in [4.78, 5) is 10.8. The van der Waals surface area contributed by atoms with Crippen LogP contribution in [0.15, 0.2) is 6.20 Å². The van der Waals surface area contributed by atoms with E-state index in [0.29, 0.717) is 0 Å². The van der Waals surface area contributed by atoms with Gasteiger partial charge in [0.2, 0.25) is 0 Å². The predicted molar refractivity (Wildman–Crippen MR) is 33.6 cm³/mol. The summed E-state index contributed by atoms with van der Waals surface area (Å²) in [7, 11) is 1.47. The van der Waals surface area contributed by atoms with Gasteiger partial charge in [0.1, 0.15) is 0 Å². The van der Waals surface area contributed by atoms with Crippen molar-refractivity contribution in [3.8, 4) is 5.75 Å². The molecule has 0 aliphatic rings. The molecule has 0 radical (unpaired) electrons. The molecule has 5 nitrogen and oxygen atoms in total. The van der Waals surface area contributed by atoms with Crippen LogP contribution in [0.25, 0.3) is 0 Å². The van der Waals surface area contributed by atoms with Gasteiger partial charge in [0.25, 0.3) is 5.91 Å². The molecule has 0 aliphatic heterocycles. The number of hydrogen-bond donors (Lipinski definition) is 3. The van der Waals surface area contributed by atoms with Gasteiger partial charge in [-0.05, 0) is 0 Å². The van der Waals surface area contributed by atoms with Gasteiger partial charge >= 0.3 is 0 Å². The Morgan fingerprint density at radius 3 is 3.00 bits per heavy atom. The van der Waals surface area contributed by atoms with E-state index in [4.69, 9.17) is 5.11 Å². The lowest BCUT2D eigenvalue weighted by molar-refractivity contribution is 0.0955. The lowest BCUT2D eigenvalue weighted by Gasteiger charge is -1.93. The van der Waals surface area contributed by atoms with E-state index >= 15 is 0 Å². The van der Waals surface area contributed by atoms with E-state index in [-0.39, 0.29) is 17.4 Å². The third-order valence-electron chi connectivity index (χ3n) is 1.07. The monoisotopic (exact) mass is 141 g/mol. The average Bonchev–Trinajstić information content (AvgIpc) is 2.34. The number of hydrogen-bond acceptors (Lipinski definition) is 3. The predicted octanol–water partition coefficient (Wildman–Crippen LogP) is -0.525. The normalized spacial score (nSPS) is 9.30. The van der Waals surface area contributed by atoms with Crippen LogP contribution in [0.3, 0.4) is 0 Å². The van der Waals surface area contributed by atoms with E-state index in [2.05, 4.69) is 15.5 Å². The Balaban J connectivity index is 2.93. The maximum Gasteiger partial charge on any atom is 0.272 e.